The van der Waals surface area contributed by atoms with Gasteiger partial charge in [-0.1, -0.05) is 0 Å². The first-order valence-electron chi connectivity index (χ1n) is 6.98. The maximum atomic E-state index is 13.3. The van der Waals surface area contributed by atoms with Crippen molar-refractivity contribution >= 4 is 16.7 Å². The number of Topliss-reactive ketones (excluding diaryl/α,β-unsaturated/α-hetero) is 1. The van der Waals surface area contributed by atoms with Crippen molar-refractivity contribution in [3.63, 3.8) is 0 Å². The van der Waals surface area contributed by atoms with Crippen LogP contribution in [-0.4, -0.2) is 50.4 Å². The first kappa shape index (κ1) is 14.2. The Morgan fingerprint density at radius 1 is 1.43 bits per heavy atom. The van der Waals surface area contributed by atoms with E-state index in [1.54, 1.807) is 12.3 Å². The number of quaternary nitrogens is 1. The average Bonchev–Trinajstić information content (AvgIpc) is 3.07. The van der Waals surface area contributed by atoms with E-state index in [9.17, 15) is 9.18 Å². The van der Waals surface area contributed by atoms with Gasteiger partial charge in [0.05, 0.1) is 20.3 Å². The van der Waals surface area contributed by atoms with Gasteiger partial charge in [-0.15, -0.1) is 0 Å². The van der Waals surface area contributed by atoms with E-state index in [0.29, 0.717) is 37.3 Å². The zero-order valence-corrected chi connectivity index (χ0v) is 11.8. The van der Waals surface area contributed by atoms with Gasteiger partial charge in [0.15, 0.2) is 0 Å². The van der Waals surface area contributed by atoms with Crippen LogP contribution in [0.2, 0.25) is 0 Å². The normalized spacial score (nSPS) is 17.4. The van der Waals surface area contributed by atoms with Crippen LogP contribution in [-0.2, 0) is 9.47 Å². The van der Waals surface area contributed by atoms with E-state index in [-0.39, 0.29) is 17.9 Å². The zero-order valence-electron chi connectivity index (χ0n) is 11.8. The lowest BCUT2D eigenvalue weighted by atomic mass is 10.1. The predicted molar refractivity (Wildman–Crippen MR) is 74.9 cm³/mol. The summed E-state index contributed by atoms with van der Waals surface area (Å²) in [5.74, 6) is -0.369. The molecule has 1 fully saturated rings. The summed E-state index contributed by atoms with van der Waals surface area (Å²) in [4.78, 5) is 16.4. The highest BCUT2D eigenvalue weighted by atomic mass is 19.1. The van der Waals surface area contributed by atoms with Crippen molar-refractivity contribution in [2.24, 2.45) is 0 Å². The molecule has 6 heteroatoms. The number of ether oxygens (including phenoxy) is 2. The van der Waals surface area contributed by atoms with Gasteiger partial charge in [-0.25, -0.2) is 4.39 Å². The molecule has 0 spiro atoms. The van der Waals surface area contributed by atoms with Crippen LogP contribution in [0, 0.1) is 5.82 Å². The maximum Gasteiger partial charge on any atom is 0.218 e. The number of halogens is 1. The quantitative estimate of drug-likeness (QED) is 0.784. The molecule has 1 aliphatic heterocycles. The summed E-state index contributed by atoms with van der Waals surface area (Å²) in [5.41, 5.74) is 1.29. The largest absolute Gasteiger partial charge is 0.360 e. The van der Waals surface area contributed by atoms with Crippen molar-refractivity contribution < 1.29 is 23.6 Å². The van der Waals surface area contributed by atoms with Gasteiger partial charge in [-0.3, -0.25) is 4.79 Å². The van der Waals surface area contributed by atoms with E-state index in [2.05, 4.69) is 4.98 Å². The van der Waals surface area contributed by atoms with Gasteiger partial charge in [-0.05, 0) is 18.2 Å². The summed E-state index contributed by atoms with van der Waals surface area (Å²) in [6.07, 6.45) is 1.40. The number of H-pyrrole nitrogens is 1. The van der Waals surface area contributed by atoms with E-state index in [0.717, 1.165) is 10.4 Å². The number of aromatic amines is 1. The SMILES string of the molecule is C[NH+](CC(=O)c1c[nH]c2ccc(F)cc12)CC1OCCO1. The van der Waals surface area contributed by atoms with Crippen LogP contribution in [0.5, 0.6) is 0 Å². The van der Waals surface area contributed by atoms with Gasteiger partial charge in [0.2, 0.25) is 12.1 Å². The predicted octanol–water partition coefficient (Wildman–Crippen LogP) is 0.377. The van der Waals surface area contributed by atoms with Gasteiger partial charge in [0.1, 0.15) is 18.9 Å². The van der Waals surface area contributed by atoms with E-state index in [1.807, 2.05) is 7.05 Å². The Bertz CT molecular complexity index is 649. The summed E-state index contributed by atoms with van der Waals surface area (Å²) < 4.78 is 24.1. The number of carbonyl (C=O) groups excluding carboxylic acids is 1. The molecule has 1 aromatic carbocycles. The standard InChI is InChI=1S/C15H17FN2O3/c1-18(9-15-20-4-5-21-15)8-14(19)12-7-17-13-3-2-10(16)6-11(12)13/h2-3,6-7,15,17H,4-5,8-9H2,1H3/p+1. The number of nitrogens with one attached hydrogen (secondary N) is 2. The number of ketones is 1. The molecule has 2 N–H and O–H groups in total. The molecule has 1 aliphatic rings. The number of hydrogen-bond donors (Lipinski definition) is 2. The third kappa shape index (κ3) is 3.12. The monoisotopic (exact) mass is 293 g/mol. The van der Waals surface area contributed by atoms with E-state index in [1.165, 1.54) is 12.1 Å². The number of aromatic nitrogens is 1. The third-order valence-corrected chi connectivity index (χ3v) is 3.61. The lowest BCUT2D eigenvalue weighted by Crippen LogP contribution is -3.11. The Labute approximate surface area is 121 Å². The Morgan fingerprint density at radius 2 is 2.19 bits per heavy atom. The Balaban J connectivity index is 1.70. The molecule has 0 saturated carbocycles. The highest BCUT2D eigenvalue weighted by molar-refractivity contribution is 6.08. The minimum absolute atomic E-state index is 0.0256. The van der Waals surface area contributed by atoms with E-state index < -0.39 is 0 Å². The topological polar surface area (TPSA) is 55.8 Å². The van der Waals surface area contributed by atoms with Crippen molar-refractivity contribution in [3.8, 4) is 0 Å². The number of fused-ring (bicyclic) bond motifs is 1. The molecule has 5 nitrogen and oxygen atoms in total. The fourth-order valence-corrected chi connectivity index (χ4v) is 2.57. The highest BCUT2D eigenvalue weighted by Gasteiger charge is 2.23. The Hall–Kier alpha value is -1.76. The summed E-state index contributed by atoms with van der Waals surface area (Å²) in [5, 5.41) is 0.626. The summed E-state index contributed by atoms with van der Waals surface area (Å²) >= 11 is 0. The van der Waals surface area contributed by atoms with E-state index >= 15 is 0 Å². The Kier molecular flexibility index (Phi) is 4.01. The lowest BCUT2D eigenvalue weighted by molar-refractivity contribution is -0.876. The van der Waals surface area contributed by atoms with Gasteiger partial charge >= 0.3 is 0 Å². The number of carbonyl (C=O) groups is 1. The smallest absolute Gasteiger partial charge is 0.218 e. The molecule has 0 radical (unpaired) electrons. The van der Waals surface area contributed by atoms with Crippen molar-refractivity contribution in [2.75, 3.05) is 33.4 Å². The second-order valence-corrected chi connectivity index (χ2v) is 5.32. The maximum absolute atomic E-state index is 13.3. The number of rotatable bonds is 5. The molecule has 1 aromatic heterocycles. The van der Waals surface area contributed by atoms with Gasteiger partial charge in [0, 0.05) is 22.7 Å². The van der Waals surface area contributed by atoms with Crippen LogP contribution < -0.4 is 4.90 Å². The first-order valence-corrected chi connectivity index (χ1v) is 6.98. The minimum Gasteiger partial charge on any atom is -0.360 e. The fraction of sp³-hybridized carbons (Fsp3) is 0.400. The molecular formula is C15H18FN2O3+. The first-order chi connectivity index (χ1) is 10.1. The minimum atomic E-state index is -0.343. The fourth-order valence-electron chi connectivity index (χ4n) is 2.57. The number of hydrogen-bond acceptors (Lipinski definition) is 3. The molecule has 2 heterocycles. The number of likely N-dealkylation sites (N-methyl/N-ethyl adjacent to an activating group) is 1. The molecule has 0 amide bonds. The molecule has 2 aromatic rings. The molecule has 21 heavy (non-hydrogen) atoms. The van der Waals surface area contributed by atoms with Gasteiger partial charge in [-0.2, -0.15) is 0 Å². The van der Waals surface area contributed by atoms with Crippen LogP contribution in [0.4, 0.5) is 4.39 Å². The van der Waals surface area contributed by atoms with Crippen LogP contribution in [0.3, 0.4) is 0 Å². The van der Waals surface area contributed by atoms with Crippen molar-refractivity contribution in [2.45, 2.75) is 6.29 Å². The van der Waals surface area contributed by atoms with Crippen molar-refractivity contribution in [1.29, 1.82) is 0 Å². The molecule has 3 rings (SSSR count). The van der Waals surface area contributed by atoms with Crippen LogP contribution in [0.25, 0.3) is 10.9 Å². The van der Waals surface area contributed by atoms with Crippen molar-refractivity contribution in [1.82, 2.24) is 4.98 Å². The van der Waals surface area contributed by atoms with Crippen LogP contribution >= 0.6 is 0 Å². The number of benzene rings is 1. The molecule has 1 unspecified atom stereocenters. The van der Waals surface area contributed by atoms with E-state index in [4.69, 9.17) is 9.47 Å². The molecule has 0 aliphatic carbocycles. The summed E-state index contributed by atoms with van der Waals surface area (Å²) in [7, 11) is 1.92. The molecule has 0 bridgehead atoms. The van der Waals surface area contributed by atoms with Crippen molar-refractivity contribution in [3.05, 3.63) is 35.8 Å². The second-order valence-electron chi connectivity index (χ2n) is 5.32. The van der Waals surface area contributed by atoms with Gasteiger partial charge < -0.3 is 19.4 Å². The van der Waals surface area contributed by atoms with Crippen LogP contribution in [0.1, 0.15) is 10.4 Å². The Morgan fingerprint density at radius 3 is 2.95 bits per heavy atom. The molecule has 1 saturated heterocycles. The van der Waals surface area contributed by atoms with Gasteiger partial charge in [0.25, 0.3) is 0 Å². The molecule has 1 atom stereocenters. The summed E-state index contributed by atoms with van der Waals surface area (Å²) in [6, 6.07) is 4.40. The summed E-state index contributed by atoms with van der Waals surface area (Å²) in [6.45, 7) is 2.14. The second kappa shape index (κ2) is 5.93. The zero-order chi connectivity index (χ0) is 14.8. The highest BCUT2D eigenvalue weighted by Crippen LogP contribution is 2.19. The lowest BCUT2D eigenvalue weighted by Gasteiger charge is -2.16. The molecule has 112 valence electrons. The average molecular weight is 293 g/mol. The molecular weight excluding hydrogens is 275 g/mol. The van der Waals surface area contributed by atoms with Crippen LogP contribution in [0.15, 0.2) is 24.4 Å². The third-order valence-electron chi connectivity index (χ3n) is 3.61.